The maximum absolute atomic E-state index is 12.4. The highest BCUT2D eigenvalue weighted by atomic mass is 127. The van der Waals surface area contributed by atoms with Gasteiger partial charge in [-0.1, -0.05) is 11.6 Å². The van der Waals surface area contributed by atoms with Crippen LogP contribution in [0.5, 0.6) is 0 Å². The van der Waals surface area contributed by atoms with Gasteiger partial charge >= 0.3 is 0 Å². The van der Waals surface area contributed by atoms with Crippen LogP contribution in [0.2, 0.25) is 5.02 Å². The van der Waals surface area contributed by atoms with Crippen LogP contribution < -0.4 is 0 Å². The number of carbonyl (C=O) groups is 1. The molecule has 1 amide bonds. The summed E-state index contributed by atoms with van der Waals surface area (Å²) >= 11 is 13.8. The highest BCUT2D eigenvalue weighted by Gasteiger charge is 2.17. The summed E-state index contributed by atoms with van der Waals surface area (Å²) in [6, 6.07) is 5.27. The summed E-state index contributed by atoms with van der Waals surface area (Å²) in [5.74, 6) is 0.326. The lowest BCUT2D eigenvalue weighted by Crippen LogP contribution is -2.35. The van der Waals surface area contributed by atoms with Gasteiger partial charge in [-0.2, -0.15) is 0 Å². The molecule has 0 N–H and O–H groups in total. The summed E-state index contributed by atoms with van der Waals surface area (Å²) in [6.45, 7) is 1.50. The molecule has 1 rings (SSSR count). The van der Waals surface area contributed by atoms with Crippen molar-refractivity contribution in [1.82, 2.24) is 4.90 Å². The average molecular weight is 402 g/mol. The van der Waals surface area contributed by atoms with Crippen LogP contribution in [0.25, 0.3) is 0 Å². The number of methoxy groups -OCH3 is 1. The van der Waals surface area contributed by atoms with Gasteiger partial charge < -0.3 is 9.64 Å². The third-order valence-electron chi connectivity index (χ3n) is 2.37. The van der Waals surface area contributed by atoms with Crippen molar-refractivity contribution in [3.8, 4) is 0 Å². The van der Waals surface area contributed by atoms with E-state index in [1.54, 1.807) is 24.1 Å². The molecule has 0 saturated heterocycles. The molecule has 0 aliphatic carbocycles. The largest absolute Gasteiger partial charge is 0.383 e. The minimum atomic E-state index is -0.0698. The van der Waals surface area contributed by atoms with Gasteiger partial charge in [0.25, 0.3) is 5.91 Å². The van der Waals surface area contributed by atoms with Crippen molar-refractivity contribution in [3.05, 3.63) is 32.4 Å². The van der Waals surface area contributed by atoms with E-state index in [2.05, 4.69) is 22.6 Å². The Labute approximate surface area is 131 Å². The lowest BCUT2D eigenvalue weighted by Gasteiger charge is -2.22. The van der Waals surface area contributed by atoms with Crippen LogP contribution in [0.3, 0.4) is 0 Å². The fourth-order valence-electron chi connectivity index (χ4n) is 1.45. The first-order valence-corrected chi connectivity index (χ1v) is 7.38. The first-order valence-electron chi connectivity index (χ1n) is 5.39. The molecule has 0 unspecified atom stereocenters. The van der Waals surface area contributed by atoms with Gasteiger partial charge in [0.2, 0.25) is 0 Å². The van der Waals surface area contributed by atoms with Crippen molar-refractivity contribution < 1.29 is 9.53 Å². The fraction of sp³-hybridized carbons (Fsp3) is 0.417. The van der Waals surface area contributed by atoms with Crippen LogP contribution in [0.4, 0.5) is 0 Å². The molecule has 3 nitrogen and oxygen atoms in total. The number of amides is 1. The van der Waals surface area contributed by atoms with E-state index in [0.29, 0.717) is 36.2 Å². The van der Waals surface area contributed by atoms with Gasteiger partial charge in [-0.05, 0) is 40.8 Å². The number of rotatable bonds is 6. The molecule has 0 heterocycles. The molecule has 0 aromatic heterocycles. The highest BCUT2D eigenvalue weighted by molar-refractivity contribution is 14.1. The molecule has 0 saturated carbocycles. The Morgan fingerprint density at radius 3 is 2.78 bits per heavy atom. The van der Waals surface area contributed by atoms with Crippen LogP contribution in [-0.4, -0.2) is 43.5 Å². The molecular formula is C12H14Cl2INO2. The van der Waals surface area contributed by atoms with Gasteiger partial charge in [0.05, 0.1) is 12.2 Å². The summed E-state index contributed by atoms with van der Waals surface area (Å²) in [5, 5.41) is 0.552. The molecule has 0 atom stereocenters. The molecule has 0 spiro atoms. The SMILES string of the molecule is COCCN(CCCl)C(=O)c1cc(Cl)ccc1I. The smallest absolute Gasteiger partial charge is 0.255 e. The number of halogens is 3. The second kappa shape index (κ2) is 8.19. The van der Waals surface area contributed by atoms with E-state index in [1.807, 2.05) is 6.07 Å². The third-order valence-corrected chi connectivity index (χ3v) is 3.71. The van der Waals surface area contributed by atoms with E-state index >= 15 is 0 Å². The van der Waals surface area contributed by atoms with Gasteiger partial charge in [0, 0.05) is 34.7 Å². The zero-order valence-corrected chi connectivity index (χ0v) is 13.6. The topological polar surface area (TPSA) is 29.5 Å². The fourth-order valence-corrected chi connectivity index (χ4v) is 2.39. The summed E-state index contributed by atoms with van der Waals surface area (Å²) in [6.07, 6.45) is 0. The Hall–Kier alpha value is -0.0400. The van der Waals surface area contributed by atoms with Crippen molar-refractivity contribution in [2.24, 2.45) is 0 Å². The Kier molecular flexibility index (Phi) is 7.29. The monoisotopic (exact) mass is 401 g/mol. The number of hydrogen-bond acceptors (Lipinski definition) is 2. The quantitative estimate of drug-likeness (QED) is 0.540. The molecule has 100 valence electrons. The Morgan fingerprint density at radius 2 is 2.17 bits per heavy atom. The maximum Gasteiger partial charge on any atom is 0.255 e. The van der Waals surface area contributed by atoms with E-state index in [1.165, 1.54) is 0 Å². The van der Waals surface area contributed by atoms with Gasteiger partial charge in [0.1, 0.15) is 0 Å². The van der Waals surface area contributed by atoms with Crippen molar-refractivity contribution in [2.45, 2.75) is 0 Å². The molecule has 6 heteroatoms. The normalized spacial score (nSPS) is 10.4. The maximum atomic E-state index is 12.4. The van der Waals surface area contributed by atoms with Crippen molar-refractivity contribution in [1.29, 1.82) is 0 Å². The molecule has 0 fully saturated rings. The van der Waals surface area contributed by atoms with Gasteiger partial charge in [-0.15, -0.1) is 11.6 Å². The molecule has 0 aliphatic heterocycles. The Morgan fingerprint density at radius 1 is 1.44 bits per heavy atom. The lowest BCUT2D eigenvalue weighted by atomic mass is 10.2. The Bertz CT molecular complexity index is 415. The predicted molar refractivity (Wildman–Crippen MR) is 82.7 cm³/mol. The van der Waals surface area contributed by atoms with E-state index in [4.69, 9.17) is 27.9 Å². The number of carbonyl (C=O) groups excluding carboxylic acids is 1. The van der Waals surface area contributed by atoms with Crippen LogP contribution >= 0.6 is 45.8 Å². The number of alkyl halides is 1. The lowest BCUT2D eigenvalue weighted by molar-refractivity contribution is 0.0707. The molecule has 1 aromatic rings. The van der Waals surface area contributed by atoms with E-state index in [9.17, 15) is 4.79 Å². The van der Waals surface area contributed by atoms with Gasteiger partial charge in [0.15, 0.2) is 0 Å². The van der Waals surface area contributed by atoms with Crippen molar-refractivity contribution in [2.75, 3.05) is 32.7 Å². The van der Waals surface area contributed by atoms with Crippen LogP contribution in [0.15, 0.2) is 18.2 Å². The number of hydrogen-bond donors (Lipinski definition) is 0. The number of benzene rings is 1. The minimum absolute atomic E-state index is 0.0698. The summed E-state index contributed by atoms with van der Waals surface area (Å²) in [7, 11) is 1.60. The first kappa shape index (κ1) is 16.0. The summed E-state index contributed by atoms with van der Waals surface area (Å²) in [5.41, 5.74) is 0.601. The Balaban J connectivity index is 2.90. The minimum Gasteiger partial charge on any atom is -0.383 e. The zero-order valence-electron chi connectivity index (χ0n) is 9.96. The molecule has 0 bridgehead atoms. The molecule has 18 heavy (non-hydrogen) atoms. The molecule has 0 radical (unpaired) electrons. The standard InChI is InChI=1S/C12H14Cl2INO2/c1-18-7-6-16(5-4-13)12(17)10-8-9(14)2-3-11(10)15/h2-3,8H,4-7H2,1H3. The average Bonchev–Trinajstić information content (AvgIpc) is 2.36. The van der Waals surface area contributed by atoms with Gasteiger partial charge in [-0.25, -0.2) is 0 Å². The molecule has 0 aliphatic rings. The predicted octanol–water partition coefficient (Wildman–Crippen LogP) is 3.27. The van der Waals surface area contributed by atoms with E-state index in [0.717, 1.165) is 3.57 Å². The summed E-state index contributed by atoms with van der Waals surface area (Å²) in [4.78, 5) is 14.0. The molecular weight excluding hydrogens is 388 g/mol. The second-order valence-corrected chi connectivity index (χ2v) is 5.57. The van der Waals surface area contributed by atoms with E-state index in [-0.39, 0.29) is 5.91 Å². The first-order chi connectivity index (χ1) is 8.60. The molecule has 1 aromatic carbocycles. The van der Waals surface area contributed by atoms with Crippen LogP contribution in [0.1, 0.15) is 10.4 Å². The number of ether oxygens (including phenoxy) is 1. The third kappa shape index (κ3) is 4.57. The van der Waals surface area contributed by atoms with E-state index < -0.39 is 0 Å². The highest BCUT2D eigenvalue weighted by Crippen LogP contribution is 2.19. The second-order valence-electron chi connectivity index (χ2n) is 3.60. The van der Waals surface area contributed by atoms with Crippen LogP contribution in [0, 0.1) is 3.57 Å². The van der Waals surface area contributed by atoms with Crippen molar-refractivity contribution in [3.63, 3.8) is 0 Å². The van der Waals surface area contributed by atoms with Gasteiger partial charge in [-0.3, -0.25) is 4.79 Å². The van der Waals surface area contributed by atoms with Crippen LogP contribution in [-0.2, 0) is 4.74 Å². The summed E-state index contributed by atoms with van der Waals surface area (Å²) < 4.78 is 5.87. The van der Waals surface area contributed by atoms with Crippen molar-refractivity contribution >= 4 is 51.7 Å². The zero-order chi connectivity index (χ0) is 13.5. The number of nitrogens with zero attached hydrogens (tertiary/aromatic N) is 1.